The predicted molar refractivity (Wildman–Crippen MR) is 237 cm³/mol. The fourth-order valence-corrected chi connectivity index (χ4v) is 14.8. The summed E-state index contributed by atoms with van der Waals surface area (Å²) in [5, 5.41) is 8.21. The fourth-order valence-electron chi connectivity index (χ4n) is 10.9. The topological polar surface area (TPSA) is 42.5 Å². The molecule has 0 rings (SSSR count). The zero-order chi connectivity index (χ0) is 38.2. The number of hydrogen-bond donors (Lipinski definition) is 2. The molecule has 0 fully saturated rings. The minimum Gasteiger partial charge on any atom is -0.372 e. The van der Waals surface area contributed by atoms with E-state index >= 15 is 0 Å². The van der Waals surface area contributed by atoms with Crippen LogP contribution in [0.15, 0.2) is 0 Å². The Labute approximate surface area is 336 Å². The Morgan fingerprint density at radius 2 is 1.02 bits per heavy atom. The molecule has 0 aliphatic carbocycles. The van der Waals surface area contributed by atoms with E-state index in [2.05, 4.69) is 167 Å². The molecule has 0 heterocycles. The largest absolute Gasteiger partial charge is 0.372 e. The van der Waals surface area contributed by atoms with Gasteiger partial charge in [-0.2, -0.15) is 0 Å². The molecule has 0 amide bonds. The lowest BCUT2D eigenvalue weighted by molar-refractivity contribution is -0.202. The summed E-state index contributed by atoms with van der Waals surface area (Å²) in [6.45, 7) is 35.8. The van der Waals surface area contributed by atoms with Gasteiger partial charge in [-0.1, -0.05) is 142 Å². The Morgan fingerprint density at radius 3 is 1.35 bits per heavy atom. The molecule has 0 spiro atoms. The zero-order valence-corrected chi connectivity index (χ0v) is 40.2. The molecular weight excluding hydrogens is 830 g/mol. The molecule has 296 valence electrons. The zero-order valence-electron chi connectivity index (χ0n) is 35.9. The van der Waals surface area contributed by atoms with Gasteiger partial charge in [0.1, 0.15) is 0 Å². The van der Waals surface area contributed by atoms with Crippen molar-refractivity contribution in [1.82, 2.24) is 10.6 Å². The van der Waals surface area contributed by atoms with Gasteiger partial charge in [-0.05, 0) is 123 Å². The van der Waals surface area contributed by atoms with Crippen LogP contribution in [0.3, 0.4) is 0 Å². The van der Waals surface area contributed by atoms with Gasteiger partial charge in [0.25, 0.3) is 0 Å². The third-order valence-electron chi connectivity index (χ3n) is 14.7. The summed E-state index contributed by atoms with van der Waals surface area (Å²) < 4.78 is 16.2. The number of rotatable bonds is 30. The van der Waals surface area contributed by atoms with Crippen molar-refractivity contribution in [2.24, 2.45) is 16.7 Å². The quantitative estimate of drug-likeness (QED) is 0.0428. The molecule has 0 saturated heterocycles. The van der Waals surface area contributed by atoms with Gasteiger partial charge in [0.15, 0.2) is 0 Å². The SMILES string of the molecule is CCCC(CC)(CC)OC(C)CC(CC)(CC)C(CC)(CC)OC(C)CC(CC)(CC)C(CC)(CC)NC(I)C(CI)C(CC)(CC)NC. The summed E-state index contributed by atoms with van der Waals surface area (Å²) in [6, 6.07) is 0. The Kier molecular flexibility index (Phi) is 23.9. The van der Waals surface area contributed by atoms with E-state index in [0.717, 1.165) is 101 Å². The van der Waals surface area contributed by atoms with Gasteiger partial charge in [-0.3, -0.25) is 5.32 Å². The maximum atomic E-state index is 7.64. The highest BCUT2D eigenvalue weighted by molar-refractivity contribution is 14.1. The summed E-state index contributed by atoms with van der Waals surface area (Å²) in [7, 11) is 2.17. The molecule has 2 N–H and O–H groups in total. The van der Waals surface area contributed by atoms with Crippen molar-refractivity contribution in [3.63, 3.8) is 0 Å². The van der Waals surface area contributed by atoms with Crippen LogP contribution in [0.2, 0.25) is 0 Å². The minimum absolute atomic E-state index is 0.0109. The van der Waals surface area contributed by atoms with Crippen molar-refractivity contribution in [3.8, 4) is 0 Å². The van der Waals surface area contributed by atoms with Gasteiger partial charge in [0.2, 0.25) is 0 Å². The maximum absolute atomic E-state index is 7.64. The first-order valence-electron chi connectivity index (χ1n) is 21.2. The lowest BCUT2D eigenvalue weighted by atomic mass is 9.60. The monoisotopic (exact) mass is 918 g/mol. The highest BCUT2D eigenvalue weighted by Gasteiger charge is 2.53. The summed E-state index contributed by atoms with van der Waals surface area (Å²) in [4.78, 5) is 0. The average Bonchev–Trinajstić information content (AvgIpc) is 3.12. The van der Waals surface area contributed by atoms with E-state index in [-0.39, 0.29) is 45.3 Å². The van der Waals surface area contributed by atoms with Crippen LogP contribution in [-0.2, 0) is 9.47 Å². The molecule has 0 saturated carbocycles. The second-order valence-electron chi connectivity index (χ2n) is 15.8. The first-order chi connectivity index (χ1) is 23.1. The van der Waals surface area contributed by atoms with Gasteiger partial charge in [-0.15, -0.1) is 0 Å². The number of alkyl halides is 2. The Balaban J connectivity index is 6.78. The van der Waals surface area contributed by atoms with Crippen LogP contribution in [0.5, 0.6) is 0 Å². The first kappa shape index (κ1) is 50.3. The molecule has 0 aliphatic heterocycles. The second-order valence-corrected chi connectivity index (χ2v) is 18.0. The van der Waals surface area contributed by atoms with E-state index in [4.69, 9.17) is 9.47 Å². The number of halogens is 2. The molecule has 0 bridgehead atoms. The van der Waals surface area contributed by atoms with E-state index in [1.165, 1.54) is 6.42 Å². The summed E-state index contributed by atoms with van der Waals surface area (Å²) in [6.07, 6.45) is 18.1. The molecule has 4 nitrogen and oxygen atoms in total. The predicted octanol–water partition coefficient (Wildman–Crippen LogP) is 13.8. The van der Waals surface area contributed by atoms with Crippen molar-refractivity contribution in [2.45, 2.75) is 245 Å². The van der Waals surface area contributed by atoms with Crippen LogP contribution in [0.25, 0.3) is 0 Å². The lowest BCUT2D eigenvalue weighted by Gasteiger charge is -2.56. The molecule has 0 aromatic carbocycles. The molecule has 0 aromatic rings. The standard InChI is InChI=1S/C43H88I2N2O2/c1-17-30-40(22-6,23-7)48-34(14)32-39(20-4,21-5)43(28-12,29-13)49-35(15)31-38(18-2,19-3)42(26-10,27-11)47-37(45)36(33-44)41(24-8,25-9)46-16/h34-37,46-47H,17-33H2,1-16H3. The van der Waals surface area contributed by atoms with E-state index in [1.807, 2.05) is 0 Å². The van der Waals surface area contributed by atoms with Gasteiger partial charge in [0, 0.05) is 26.8 Å². The Hall–Kier alpha value is 1.30. The second kappa shape index (κ2) is 23.3. The van der Waals surface area contributed by atoms with Crippen LogP contribution < -0.4 is 10.6 Å². The average molecular weight is 919 g/mol. The molecular formula is C43H88I2N2O2. The number of nitrogens with one attached hydrogen (secondary N) is 2. The molecule has 6 heteroatoms. The van der Waals surface area contributed by atoms with E-state index in [1.54, 1.807) is 0 Å². The molecule has 0 radical (unpaired) electrons. The minimum atomic E-state index is -0.187. The molecule has 0 aromatic heterocycles. The van der Waals surface area contributed by atoms with Crippen LogP contribution in [0.4, 0.5) is 0 Å². The van der Waals surface area contributed by atoms with Crippen molar-refractivity contribution in [1.29, 1.82) is 0 Å². The Bertz CT molecular complexity index is 835. The van der Waals surface area contributed by atoms with Crippen molar-refractivity contribution < 1.29 is 9.47 Å². The molecule has 49 heavy (non-hydrogen) atoms. The van der Waals surface area contributed by atoms with E-state index in [9.17, 15) is 0 Å². The summed E-state index contributed by atoms with van der Waals surface area (Å²) in [5.74, 6) is 0.537. The van der Waals surface area contributed by atoms with Gasteiger partial charge in [-0.25, -0.2) is 0 Å². The van der Waals surface area contributed by atoms with Crippen molar-refractivity contribution in [2.75, 3.05) is 11.5 Å². The van der Waals surface area contributed by atoms with Gasteiger partial charge < -0.3 is 14.8 Å². The maximum Gasteiger partial charge on any atom is 0.0737 e. The molecule has 0 aliphatic rings. The highest BCUT2D eigenvalue weighted by Crippen LogP contribution is 2.53. The van der Waals surface area contributed by atoms with Gasteiger partial charge in [0.05, 0.1) is 27.5 Å². The lowest BCUT2D eigenvalue weighted by Crippen LogP contribution is -2.64. The molecule has 4 unspecified atom stereocenters. The van der Waals surface area contributed by atoms with E-state index in [0.29, 0.717) is 9.97 Å². The first-order valence-corrected chi connectivity index (χ1v) is 23.9. The van der Waals surface area contributed by atoms with Gasteiger partial charge >= 0.3 is 0 Å². The number of ether oxygens (including phenoxy) is 2. The third kappa shape index (κ3) is 11.2. The summed E-state index contributed by atoms with van der Waals surface area (Å²) in [5.41, 5.74) is 0.165. The summed E-state index contributed by atoms with van der Waals surface area (Å²) >= 11 is 5.41. The smallest absolute Gasteiger partial charge is 0.0737 e. The highest BCUT2D eigenvalue weighted by atomic mass is 127. The van der Waals surface area contributed by atoms with Crippen LogP contribution in [-0.4, -0.2) is 50.0 Å². The third-order valence-corrected chi connectivity index (χ3v) is 16.8. The van der Waals surface area contributed by atoms with Crippen LogP contribution in [0.1, 0.15) is 207 Å². The van der Waals surface area contributed by atoms with Crippen LogP contribution >= 0.6 is 45.2 Å². The van der Waals surface area contributed by atoms with Crippen molar-refractivity contribution >= 4 is 45.2 Å². The van der Waals surface area contributed by atoms with Crippen LogP contribution in [0, 0.1) is 16.7 Å². The van der Waals surface area contributed by atoms with E-state index < -0.39 is 0 Å². The van der Waals surface area contributed by atoms with Crippen molar-refractivity contribution in [3.05, 3.63) is 0 Å². The normalized spacial score (nSPS) is 16.5. The number of hydrogen-bond acceptors (Lipinski definition) is 4. The fraction of sp³-hybridized carbons (Fsp3) is 1.00. The molecule has 4 atom stereocenters. The Morgan fingerprint density at radius 1 is 0.571 bits per heavy atom.